The summed E-state index contributed by atoms with van der Waals surface area (Å²) >= 11 is 1.66. The van der Waals surface area contributed by atoms with Crippen molar-refractivity contribution in [3.05, 3.63) is 119 Å². The first kappa shape index (κ1) is 26.2. The van der Waals surface area contributed by atoms with Gasteiger partial charge in [0.1, 0.15) is 0 Å². The third kappa shape index (κ3) is 7.11. The molecule has 4 aromatic carbocycles. The number of hydrogen-bond acceptors (Lipinski definition) is 5. The number of anilines is 2. The number of nitrogens with zero attached hydrogens (tertiary/aromatic N) is 2. The summed E-state index contributed by atoms with van der Waals surface area (Å²) in [6.07, 6.45) is 0.764. The highest BCUT2D eigenvalue weighted by Crippen LogP contribution is 2.28. The van der Waals surface area contributed by atoms with Gasteiger partial charge in [0.2, 0.25) is 0 Å². The van der Waals surface area contributed by atoms with Gasteiger partial charge in [-0.15, -0.1) is 0 Å². The van der Waals surface area contributed by atoms with Crippen molar-refractivity contribution in [2.24, 2.45) is 0 Å². The molecule has 0 aliphatic heterocycles. The smallest absolute Gasteiger partial charge is 0.167 e. The Hall–Kier alpha value is -3.83. The summed E-state index contributed by atoms with van der Waals surface area (Å²) in [4.78, 5) is 31.6. The predicted molar refractivity (Wildman–Crippen MR) is 155 cm³/mol. The summed E-state index contributed by atoms with van der Waals surface area (Å²) in [5, 5.41) is 0. The Morgan fingerprint density at radius 1 is 0.514 bits per heavy atom. The molecule has 5 heteroatoms. The van der Waals surface area contributed by atoms with Crippen LogP contribution in [0, 0.1) is 0 Å². The Bertz CT molecular complexity index is 1240. The van der Waals surface area contributed by atoms with Gasteiger partial charge in [-0.25, -0.2) is 0 Å². The van der Waals surface area contributed by atoms with Gasteiger partial charge in [0, 0.05) is 73.3 Å². The lowest BCUT2D eigenvalue weighted by Crippen LogP contribution is -2.09. The second-order valence-electron chi connectivity index (χ2n) is 9.47. The minimum atomic E-state index is 0.115. The zero-order valence-corrected chi connectivity index (χ0v) is 22.6. The van der Waals surface area contributed by atoms with E-state index in [4.69, 9.17) is 0 Å². The zero-order chi connectivity index (χ0) is 26.4. The van der Waals surface area contributed by atoms with E-state index in [2.05, 4.69) is 24.3 Å². The van der Waals surface area contributed by atoms with Gasteiger partial charge in [-0.1, -0.05) is 36.0 Å². The van der Waals surface area contributed by atoms with Crippen LogP contribution in [0.25, 0.3) is 0 Å². The number of ketones is 2. The van der Waals surface area contributed by atoms with Crippen LogP contribution in [-0.2, 0) is 12.8 Å². The molecule has 188 valence electrons. The molecular weight excluding hydrogens is 476 g/mol. The molecule has 0 heterocycles. The Labute approximate surface area is 223 Å². The molecule has 0 atom stereocenters. The topological polar surface area (TPSA) is 40.6 Å². The van der Waals surface area contributed by atoms with Gasteiger partial charge in [-0.3, -0.25) is 9.59 Å². The second kappa shape index (κ2) is 11.9. The molecule has 0 aliphatic rings. The number of benzene rings is 4. The van der Waals surface area contributed by atoms with Gasteiger partial charge >= 0.3 is 0 Å². The predicted octanol–water partition coefficient (Wildman–Crippen LogP) is 6.82. The van der Waals surface area contributed by atoms with Crippen molar-refractivity contribution in [1.82, 2.24) is 0 Å². The molecule has 0 amide bonds. The van der Waals surface area contributed by atoms with Gasteiger partial charge in [0.05, 0.1) is 0 Å². The first-order valence-corrected chi connectivity index (χ1v) is 13.1. The summed E-state index contributed by atoms with van der Waals surface area (Å²) in [6.45, 7) is 0. The van der Waals surface area contributed by atoms with Gasteiger partial charge in [-0.05, 0) is 83.9 Å². The SMILES string of the molecule is CN(C)c1ccc(C(=O)Cc2ccc(Sc3ccc(CC(=O)c4ccc(N(C)C)cc4)cc3)cc2)cc1. The van der Waals surface area contributed by atoms with Gasteiger partial charge < -0.3 is 9.80 Å². The summed E-state index contributed by atoms with van der Waals surface area (Å²) in [6, 6.07) is 31.7. The van der Waals surface area contributed by atoms with E-state index in [1.165, 1.54) is 0 Å². The number of carbonyl (C=O) groups is 2. The first-order valence-electron chi connectivity index (χ1n) is 12.3. The van der Waals surface area contributed by atoms with Crippen LogP contribution >= 0.6 is 11.8 Å². The van der Waals surface area contributed by atoms with E-state index in [1.54, 1.807) is 11.8 Å². The molecule has 0 bridgehead atoms. The lowest BCUT2D eigenvalue weighted by Gasteiger charge is -2.12. The van der Waals surface area contributed by atoms with Gasteiger partial charge in [0.25, 0.3) is 0 Å². The third-order valence-corrected chi connectivity index (χ3v) is 7.24. The summed E-state index contributed by atoms with van der Waals surface area (Å²) in [5.74, 6) is 0.231. The van der Waals surface area contributed by atoms with Crippen LogP contribution in [0.2, 0.25) is 0 Å². The monoisotopic (exact) mass is 508 g/mol. The normalized spacial score (nSPS) is 10.7. The average Bonchev–Trinajstić information content (AvgIpc) is 2.91. The van der Waals surface area contributed by atoms with Crippen LogP contribution in [0.15, 0.2) is 107 Å². The Morgan fingerprint density at radius 2 is 0.838 bits per heavy atom. The van der Waals surface area contributed by atoms with Crippen LogP contribution < -0.4 is 9.80 Å². The van der Waals surface area contributed by atoms with Crippen LogP contribution in [0.4, 0.5) is 11.4 Å². The van der Waals surface area contributed by atoms with E-state index in [0.29, 0.717) is 12.8 Å². The first-order chi connectivity index (χ1) is 17.8. The maximum atomic E-state index is 12.7. The molecule has 0 aromatic heterocycles. The number of carbonyl (C=O) groups excluding carboxylic acids is 2. The van der Waals surface area contributed by atoms with E-state index < -0.39 is 0 Å². The van der Waals surface area contributed by atoms with Crippen LogP contribution in [0.3, 0.4) is 0 Å². The highest BCUT2D eigenvalue weighted by molar-refractivity contribution is 7.99. The van der Waals surface area contributed by atoms with Gasteiger partial charge in [-0.2, -0.15) is 0 Å². The Kier molecular flexibility index (Phi) is 8.47. The fraction of sp³-hybridized carbons (Fsp3) is 0.188. The van der Waals surface area contributed by atoms with E-state index in [-0.39, 0.29) is 11.6 Å². The molecule has 0 aliphatic carbocycles. The standard InChI is InChI=1S/C32H32N2O2S/c1-33(2)27-13-9-25(10-14-27)31(35)21-23-5-17-29(18-6-23)37-30-19-7-24(8-20-30)22-32(36)26-11-15-28(16-12-26)34(3)4/h5-20H,21-22H2,1-4H3. The zero-order valence-electron chi connectivity index (χ0n) is 21.8. The molecule has 0 fully saturated rings. The molecule has 0 unspecified atom stereocenters. The molecular formula is C32H32N2O2S. The fourth-order valence-corrected chi connectivity index (χ4v) is 4.77. The lowest BCUT2D eigenvalue weighted by atomic mass is 10.0. The minimum Gasteiger partial charge on any atom is -0.378 e. The molecule has 4 nitrogen and oxygen atoms in total. The van der Waals surface area contributed by atoms with Crippen molar-refractivity contribution in [1.29, 1.82) is 0 Å². The Morgan fingerprint density at radius 3 is 1.14 bits per heavy atom. The lowest BCUT2D eigenvalue weighted by molar-refractivity contribution is 0.0984. The van der Waals surface area contributed by atoms with Crippen LogP contribution in [0.5, 0.6) is 0 Å². The van der Waals surface area contributed by atoms with E-state index >= 15 is 0 Å². The molecule has 37 heavy (non-hydrogen) atoms. The highest BCUT2D eigenvalue weighted by atomic mass is 32.2. The minimum absolute atomic E-state index is 0.115. The Balaban J connectivity index is 1.31. The molecule has 4 aromatic rings. The summed E-state index contributed by atoms with van der Waals surface area (Å²) in [5.41, 5.74) is 5.61. The summed E-state index contributed by atoms with van der Waals surface area (Å²) in [7, 11) is 7.94. The van der Waals surface area contributed by atoms with E-state index in [0.717, 1.165) is 43.4 Å². The number of rotatable bonds is 10. The second-order valence-corrected chi connectivity index (χ2v) is 10.6. The molecule has 0 radical (unpaired) electrons. The van der Waals surface area contributed by atoms with Crippen LogP contribution in [0.1, 0.15) is 31.8 Å². The summed E-state index contributed by atoms with van der Waals surface area (Å²) < 4.78 is 0. The maximum absolute atomic E-state index is 12.7. The van der Waals surface area contributed by atoms with Crippen molar-refractivity contribution >= 4 is 34.7 Å². The van der Waals surface area contributed by atoms with Crippen LogP contribution in [-0.4, -0.2) is 39.8 Å². The van der Waals surface area contributed by atoms with Crippen molar-refractivity contribution in [2.45, 2.75) is 22.6 Å². The number of hydrogen-bond donors (Lipinski definition) is 0. The average molecular weight is 509 g/mol. The van der Waals surface area contributed by atoms with E-state index in [1.807, 2.05) is 111 Å². The molecule has 0 spiro atoms. The molecule has 0 saturated heterocycles. The number of Topliss-reactive ketones (excluding diaryl/α,β-unsaturated/α-hetero) is 2. The maximum Gasteiger partial charge on any atom is 0.167 e. The quantitative estimate of drug-likeness (QED) is 0.220. The third-order valence-electron chi connectivity index (χ3n) is 6.22. The fourth-order valence-electron chi connectivity index (χ4n) is 3.95. The molecule has 4 rings (SSSR count). The van der Waals surface area contributed by atoms with Gasteiger partial charge in [0.15, 0.2) is 11.6 Å². The molecule has 0 N–H and O–H groups in total. The highest BCUT2D eigenvalue weighted by Gasteiger charge is 2.10. The van der Waals surface area contributed by atoms with Crippen molar-refractivity contribution in [2.75, 3.05) is 38.0 Å². The van der Waals surface area contributed by atoms with E-state index in [9.17, 15) is 9.59 Å². The largest absolute Gasteiger partial charge is 0.378 e. The van der Waals surface area contributed by atoms with Crippen molar-refractivity contribution in [3.63, 3.8) is 0 Å². The van der Waals surface area contributed by atoms with Crippen molar-refractivity contribution in [3.8, 4) is 0 Å². The van der Waals surface area contributed by atoms with Crippen molar-refractivity contribution < 1.29 is 9.59 Å². The molecule has 0 saturated carbocycles.